The minimum atomic E-state index is -3.17. The van der Waals surface area contributed by atoms with Crippen molar-refractivity contribution in [2.24, 2.45) is 5.92 Å². The Morgan fingerprint density at radius 3 is 2.34 bits per heavy atom. The number of fused-ring (bicyclic) bond motifs is 1. The van der Waals surface area contributed by atoms with Crippen molar-refractivity contribution >= 4 is 33.0 Å². The lowest BCUT2D eigenvalue weighted by molar-refractivity contribution is 0.122. The zero-order valence-corrected chi connectivity index (χ0v) is 18.1. The van der Waals surface area contributed by atoms with Crippen LogP contribution < -0.4 is 9.80 Å². The fourth-order valence-corrected chi connectivity index (χ4v) is 4.74. The van der Waals surface area contributed by atoms with Crippen LogP contribution in [0.3, 0.4) is 0 Å². The number of ether oxygens (including phenoxy) is 1. The van der Waals surface area contributed by atoms with E-state index in [4.69, 9.17) is 9.72 Å². The van der Waals surface area contributed by atoms with Crippen molar-refractivity contribution in [2.45, 2.75) is 20.4 Å². The van der Waals surface area contributed by atoms with Crippen LogP contribution in [0.15, 0.2) is 6.33 Å². The summed E-state index contributed by atoms with van der Waals surface area (Å²) in [5, 5.41) is 0. The first-order valence-electron chi connectivity index (χ1n) is 10.1. The highest BCUT2D eigenvalue weighted by molar-refractivity contribution is 7.88. The number of hydrogen-bond donors (Lipinski definition) is 0. The van der Waals surface area contributed by atoms with Crippen LogP contribution in [-0.2, 0) is 21.3 Å². The third-order valence-corrected chi connectivity index (χ3v) is 6.64. The van der Waals surface area contributed by atoms with Crippen molar-refractivity contribution in [1.29, 1.82) is 0 Å². The van der Waals surface area contributed by atoms with Gasteiger partial charge in [-0.15, -0.1) is 0 Å². The van der Waals surface area contributed by atoms with Gasteiger partial charge in [0.15, 0.2) is 17.0 Å². The summed E-state index contributed by atoms with van der Waals surface area (Å²) >= 11 is 0. The summed E-state index contributed by atoms with van der Waals surface area (Å²) in [5.41, 5.74) is 1.63. The van der Waals surface area contributed by atoms with Crippen LogP contribution in [0.5, 0.6) is 0 Å². The second-order valence-corrected chi connectivity index (χ2v) is 10.0. The lowest BCUT2D eigenvalue weighted by Gasteiger charge is -2.34. The van der Waals surface area contributed by atoms with Crippen molar-refractivity contribution < 1.29 is 13.2 Å². The van der Waals surface area contributed by atoms with E-state index in [0.717, 1.165) is 42.6 Å². The summed E-state index contributed by atoms with van der Waals surface area (Å²) in [6.45, 7) is 10.2. The summed E-state index contributed by atoms with van der Waals surface area (Å²) in [4.78, 5) is 18.4. The molecule has 0 amide bonds. The van der Waals surface area contributed by atoms with Crippen LogP contribution >= 0.6 is 0 Å². The van der Waals surface area contributed by atoms with E-state index in [1.54, 1.807) is 6.33 Å². The Morgan fingerprint density at radius 2 is 1.72 bits per heavy atom. The maximum atomic E-state index is 11.9. The molecule has 0 aliphatic carbocycles. The Kier molecular flexibility index (Phi) is 5.63. The zero-order valence-electron chi connectivity index (χ0n) is 17.3. The Bertz CT molecular complexity index is 961. The van der Waals surface area contributed by atoms with Gasteiger partial charge in [-0.3, -0.25) is 4.57 Å². The molecule has 0 bridgehead atoms. The summed E-state index contributed by atoms with van der Waals surface area (Å²) < 4.78 is 32.9. The fourth-order valence-electron chi connectivity index (χ4n) is 3.91. The molecule has 11 heteroatoms. The van der Waals surface area contributed by atoms with Crippen LogP contribution in [-0.4, -0.2) is 91.0 Å². The second kappa shape index (κ2) is 8.04. The molecular formula is C18H29N7O3S. The van der Waals surface area contributed by atoms with Gasteiger partial charge in [-0.25, -0.2) is 23.4 Å². The number of anilines is 2. The molecule has 0 aromatic carbocycles. The highest BCUT2D eigenvalue weighted by Gasteiger charge is 2.28. The average Bonchev–Trinajstić information content (AvgIpc) is 3.06. The first kappa shape index (κ1) is 20.3. The van der Waals surface area contributed by atoms with Gasteiger partial charge in [-0.1, -0.05) is 13.8 Å². The minimum absolute atomic E-state index is 0.422. The number of rotatable bonds is 5. The Morgan fingerprint density at radius 1 is 1.03 bits per heavy atom. The lowest BCUT2D eigenvalue weighted by Crippen LogP contribution is -2.49. The topological polar surface area (TPSA) is 96.7 Å². The van der Waals surface area contributed by atoms with Crippen LogP contribution in [0.1, 0.15) is 13.8 Å². The number of hydrogen-bond acceptors (Lipinski definition) is 8. The van der Waals surface area contributed by atoms with E-state index >= 15 is 0 Å². The van der Waals surface area contributed by atoms with Gasteiger partial charge in [-0.05, 0) is 5.92 Å². The van der Waals surface area contributed by atoms with Crippen molar-refractivity contribution in [1.82, 2.24) is 23.8 Å². The van der Waals surface area contributed by atoms with Crippen molar-refractivity contribution in [3.63, 3.8) is 0 Å². The van der Waals surface area contributed by atoms with Gasteiger partial charge in [0, 0.05) is 45.8 Å². The van der Waals surface area contributed by atoms with Gasteiger partial charge >= 0.3 is 0 Å². The summed E-state index contributed by atoms with van der Waals surface area (Å²) in [5.74, 6) is 2.11. The summed E-state index contributed by atoms with van der Waals surface area (Å²) in [6, 6.07) is 0. The molecule has 29 heavy (non-hydrogen) atoms. The average molecular weight is 424 g/mol. The molecule has 2 aromatic rings. The quantitative estimate of drug-likeness (QED) is 0.682. The normalized spacial score (nSPS) is 19.4. The third-order valence-electron chi connectivity index (χ3n) is 5.34. The van der Waals surface area contributed by atoms with E-state index in [1.165, 1.54) is 10.6 Å². The maximum absolute atomic E-state index is 11.9. The lowest BCUT2D eigenvalue weighted by atomic mass is 10.2. The van der Waals surface area contributed by atoms with E-state index in [-0.39, 0.29) is 0 Å². The SMILES string of the molecule is CC(C)Cn1c(N2CCN(S(C)(=O)=O)CC2)nc2c(N3CCOCC3)ncnc21. The Balaban J connectivity index is 1.71. The van der Waals surface area contributed by atoms with Gasteiger partial charge in [0.25, 0.3) is 0 Å². The fraction of sp³-hybridized carbons (Fsp3) is 0.722. The van der Waals surface area contributed by atoms with Gasteiger partial charge in [-0.2, -0.15) is 4.31 Å². The zero-order chi connectivity index (χ0) is 20.6. The number of nitrogens with zero attached hydrogens (tertiary/aromatic N) is 7. The van der Waals surface area contributed by atoms with Gasteiger partial charge < -0.3 is 14.5 Å². The number of imidazole rings is 1. The molecule has 4 rings (SSSR count). The first-order valence-corrected chi connectivity index (χ1v) is 11.9. The molecule has 2 fully saturated rings. The van der Waals surface area contributed by atoms with E-state index in [9.17, 15) is 8.42 Å². The summed E-state index contributed by atoms with van der Waals surface area (Å²) in [6.07, 6.45) is 2.87. The Labute approximate surface area is 171 Å². The van der Waals surface area contributed by atoms with E-state index < -0.39 is 10.0 Å². The van der Waals surface area contributed by atoms with Crippen LogP contribution in [0.25, 0.3) is 11.2 Å². The van der Waals surface area contributed by atoms with Crippen molar-refractivity contribution in [3.8, 4) is 0 Å². The standard InChI is InChI=1S/C18H29N7O3S/c1-14(2)12-25-17-15(16(19-13-20-17)22-8-10-28-11-9-22)21-18(25)23-4-6-24(7-5-23)29(3,26)27/h13-14H,4-12H2,1-3H3. The first-order chi connectivity index (χ1) is 13.8. The number of morpholine rings is 1. The largest absolute Gasteiger partial charge is 0.378 e. The molecule has 2 aromatic heterocycles. The highest BCUT2D eigenvalue weighted by Crippen LogP contribution is 2.29. The molecular weight excluding hydrogens is 394 g/mol. The Hall–Kier alpha value is -1.98. The second-order valence-electron chi connectivity index (χ2n) is 8.03. The van der Waals surface area contributed by atoms with Gasteiger partial charge in [0.2, 0.25) is 16.0 Å². The highest BCUT2D eigenvalue weighted by atomic mass is 32.2. The van der Waals surface area contributed by atoms with E-state index in [1.807, 2.05) is 0 Å². The molecule has 2 aliphatic heterocycles. The molecule has 0 atom stereocenters. The predicted octanol–water partition coefficient (Wildman–Crippen LogP) is 0.401. The molecule has 0 unspecified atom stereocenters. The van der Waals surface area contributed by atoms with Crippen molar-refractivity contribution in [3.05, 3.63) is 6.33 Å². The molecule has 2 saturated heterocycles. The molecule has 2 aliphatic rings. The molecule has 4 heterocycles. The molecule has 160 valence electrons. The molecule has 0 radical (unpaired) electrons. The predicted molar refractivity (Wildman–Crippen MR) is 112 cm³/mol. The molecule has 10 nitrogen and oxygen atoms in total. The number of sulfonamides is 1. The van der Waals surface area contributed by atoms with Crippen molar-refractivity contribution in [2.75, 3.05) is 68.5 Å². The molecule has 0 saturated carbocycles. The smallest absolute Gasteiger partial charge is 0.211 e. The number of piperazine rings is 1. The van der Waals surface area contributed by atoms with Gasteiger partial charge in [0.1, 0.15) is 6.33 Å². The maximum Gasteiger partial charge on any atom is 0.211 e. The van der Waals surface area contributed by atoms with Gasteiger partial charge in [0.05, 0.1) is 19.5 Å². The minimum Gasteiger partial charge on any atom is -0.378 e. The molecule has 0 spiro atoms. The molecule has 0 N–H and O–H groups in total. The monoisotopic (exact) mass is 423 g/mol. The van der Waals surface area contributed by atoms with Crippen LogP contribution in [0.2, 0.25) is 0 Å². The van der Waals surface area contributed by atoms with Crippen LogP contribution in [0, 0.1) is 5.92 Å². The van der Waals surface area contributed by atoms with E-state index in [2.05, 4.69) is 38.2 Å². The number of aromatic nitrogens is 4. The summed E-state index contributed by atoms with van der Waals surface area (Å²) in [7, 11) is -3.17. The third kappa shape index (κ3) is 4.17. The van der Waals surface area contributed by atoms with E-state index in [0.29, 0.717) is 45.3 Å². The van der Waals surface area contributed by atoms with Crippen LogP contribution in [0.4, 0.5) is 11.8 Å².